The first-order valence-electron chi connectivity index (χ1n) is 15.3. The van der Waals surface area contributed by atoms with E-state index in [0.717, 1.165) is 0 Å². The maximum atomic E-state index is 14.3. The second-order valence-electron chi connectivity index (χ2n) is 11.6. The maximum Gasteiger partial charge on any atom is 0.303 e. The Morgan fingerprint density at radius 3 is 1.98 bits per heavy atom. The summed E-state index contributed by atoms with van der Waals surface area (Å²) in [5, 5.41) is 10.9. The van der Waals surface area contributed by atoms with E-state index in [-0.39, 0.29) is 52.3 Å². The van der Waals surface area contributed by atoms with Crippen LogP contribution >= 0.6 is 12.0 Å². The molecule has 0 fully saturated rings. The van der Waals surface area contributed by atoms with E-state index in [0.29, 0.717) is 24.2 Å². The molecule has 1 aliphatic rings. The van der Waals surface area contributed by atoms with Gasteiger partial charge in [-0.15, -0.1) is 4.33 Å². The predicted octanol–water partition coefficient (Wildman–Crippen LogP) is 4.28. The van der Waals surface area contributed by atoms with E-state index >= 15 is 0 Å². The summed E-state index contributed by atoms with van der Waals surface area (Å²) in [6, 6.07) is 14.7. The average Bonchev–Trinajstić information content (AvgIpc) is 3.10. The quantitative estimate of drug-likeness (QED) is 0.0223. The van der Waals surface area contributed by atoms with E-state index in [1.807, 2.05) is 0 Å². The van der Waals surface area contributed by atoms with Crippen LogP contribution in [0.5, 0.6) is 5.75 Å². The SMILES string of the molecule is O=C(O)CCCSOOc1cc(Nc2cc(S(=O)(=O)O)c3[nH]c(=O)c(C(=O)c4ccccc4)c4c3c2C(=O)c2ccccc2-4)c(S(=O)(=O)O)cc1S(=O)(=O)O. The van der Waals surface area contributed by atoms with E-state index in [9.17, 15) is 58.1 Å². The summed E-state index contributed by atoms with van der Waals surface area (Å²) in [5.41, 5.74) is -4.36. The van der Waals surface area contributed by atoms with Gasteiger partial charge in [0.15, 0.2) is 17.3 Å². The summed E-state index contributed by atoms with van der Waals surface area (Å²) in [7, 11) is -16.1. The van der Waals surface area contributed by atoms with Gasteiger partial charge >= 0.3 is 5.97 Å². The number of aromatic nitrogens is 1. The number of nitrogens with one attached hydrogen (secondary N) is 2. The molecular weight excluding hydrogens is 809 g/mol. The normalized spacial score (nSPS) is 12.7. The first-order chi connectivity index (χ1) is 25.8. The van der Waals surface area contributed by atoms with Crippen molar-refractivity contribution in [2.45, 2.75) is 27.5 Å². The van der Waals surface area contributed by atoms with Crippen LogP contribution in [0, 0.1) is 0 Å². The minimum Gasteiger partial charge on any atom is -0.481 e. The second kappa shape index (κ2) is 14.6. The van der Waals surface area contributed by atoms with Crippen molar-refractivity contribution in [3.63, 3.8) is 0 Å². The van der Waals surface area contributed by atoms with Crippen LogP contribution in [0.25, 0.3) is 22.0 Å². The number of carbonyl (C=O) groups is 3. The summed E-state index contributed by atoms with van der Waals surface area (Å²) in [6.07, 6.45) is -0.184. The first kappa shape index (κ1) is 39.2. The Balaban J connectivity index is 1.65. The van der Waals surface area contributed by atoms with E-state index in [4.69, 9.17) is 14.3 Å². The van der Waals surface area contributed by atoms with Gasteiger partial charge in [-0.1, -0.05) is 54.6 Å². The number of anilines is 2. The molecule has 55 heavy (non-hydrogen) atoms. The van der Waals surface area contributed by atoms with Gasteiger partial charge in [0.05, 0.1) is 28.0 Å². The van der Waals surface area contributed by atoms with Gasteiger partial charge in [-0.2, -0.15) is 25.3 Å². The minimum atomic E-state index is -5.44. The Kier molecular flexibility index (Phi) is 10.5. The number of pyridine rings is 1. The van der Waals surface area contributed by atoms with Gasteiger partial charge < -0.3 is 20.3 Å². The number of aliphatic carboxylic acids is 1. The van der Waals surface area contributed by atoms with E-state index in [1.165, 1.54) is 48.5 Å². The van der Waals surface area contributed by atoms with Crippen LogP contribution in [0.2, 0.25) is 0 Å². The fraction of sp³-hybridized carbons (Fsp3) is 0.0909. The Morgan fingerprint density at radius 2 is 1.36 bits per heavy atom. The number of benzene rings is 4. The number of hydrogen-bond acceptors (Lipinski definition) is 14. The van der Waals surface area contributed by atoms with Crippen molar-refractivity contribution in [3.05, 3.63) is 105 Å². The van der Waals surface area contributed by atoms with Gasteiger partial charge in [0.1, 0.15) is 14.7 Å². The Labute approximate surface area is 314 Å². The smallest absolute Gasteiger partial charge is 0.303 e. The largest absolute Gasteiger partial charge is 0.481 e. The van der Waals surface area contributed by atoms with Gasteiger partial charge in [0.2, 0.25) is 0 Å². The Hall–Kier alpha value is -5.46. The summed E-state index contributed by atoms with van der Waals surface area (Å²) in [4.78, 5) is 56.5. The summed E-state index contributed by atoms with van der Waals surface area (Å²) >= 11 is 0.502. The molecule has 1 aliphatic carbocycles. The molecule has 0 unspecified atom stereocenters. The average molecular weight is 833 g/mol. The number of carboxylic acid groups (broad SMARTS) is 1. The van der Waals surface area contributed by atoms with Crippen molar-refractivity contribution in [1.29, 1.82) is 0 Å². The number of ketones is 2. The lowest BCUT2D eigenvalue weighted by molar-refractivity contribution is -0.137. The number of H-pyrrole nitrogens is 1. The van der Waals surface area contributed by atoms with Crippen molar-refractivity contribution in [2.24, 2.45) is 0 Å². The number of aromatic amines is 1. The van der Waals surface area contributed by atoms with Gasteiger partial charge in [-0.25, -0.2) is 0 Å². The number of fused-ring (bicyclic) bond motifs is 2. The lowest BCUT2D eigenvalue weighted by Gasteiger charge is -2.25. The topological polar surface area (TPSA) is 298 Å². The Bertz CT molecular complexity index is 2860. The van der Waals surface area contributed by atoms with E-state index < -0.39 is 102 Å². The molecule has 0 saturated carbocycles. The number of carbonyl (C=O) groups excluding carboxylic acids is 2. The van der Waals surface area contributed by atoms with Crippen LogP contribution in [0.3, 0.4) is 0 Å². The molecule has 1 aromatic heterocycles. The van der Waals surface area contributed by atoms with Crippen LogP contribution < -0.4 is 15.8 Å². The number of hydrogen-bond donors (Lipinski definition) is 6. The van der Waals surface area contributed by atoms with Crippen molar-refractivity contribution in [2.75, 3.05) is 11.1 Å². The van der Waals surface area contributed by atoms with Crippen molar-refractivity contribution in [1.82, 2.24) is 4.98 Å². The molecular formula is C33H24N2O16S4. The summed E-state index contributed by atoms with van der Waals surface area (Å²) in [5.74, 6) is -3.72. The molecule has 0 spiro atoms. The zero-order valence-corrected chi connectivity index (χ0v) is 30.6. The molecule has 5 aromatic rings. The summed E-state index contributed by atoms with van der Waals surface area (Å²) in [6.45, 7) is 0. The highest BCUT2D eigenvalue weighted by Gasteiger charge is 2.36. The molecule has 0 saturated heterocycles. The molecule has 0 amide bonds. The van der Waals surface area contributed by atoms with Crippen LogP contribution in [0.4, 0.5) is 11.4 Å². The summed E-state index contributed by atoms with van der Waals surface area (Å²) < 4.78 is 111. The van der Waals surface area contributed by atoms with Gasteiger partial charge in [0, 0.05) is 52.4 Å². The molecule has 0 aliphatic heterocycles. The molecule has 0 bridgehead atoms. The molecule has 6 N–H and O–H groups in total. The van der Waals surface area contributed by atoms with E-state index in [2.05, 4.69) is 10.3 Å². The van der Waals surface area contributed by atoms with Gasteiger partial charge in [-0.3, -0.25) is 32.8 Å². The zero-order chi connectivity index (χ0) is 40.0. The van der Waals surface area contributed by atoms with Crippen molar-refractivity contribution >= 4 is 82.2 Å². The molecule has 6 rings (SSSR count). The minimum absolute atomic E-state index is 0.00333. The fourth-order valence-corrected chi connectivity index (χ4v) is 8.35. The monoisotopic (exact) mass is 832 g/mol. The third-order valence-electron chi connectivity index (χ3n) is 8.13. The van der Waals surface area contributed by atoms with Crippen molar-refractivity contribution in [3.8, 4) is 16.9 Å². The molecule has 0 atom stereocenters. The second-order valence-corrected chi connectivity index (χ2v) is 16.6. The lowest BCUT2D eigenvalue weighted by Crippen LogP contribution is -2.25. The van der Waals surface area contributed by atoms with Gasteiger partial charge in [0.25, 0.3) is 35.9 Å². The zero-order valence-electron chi connectivity index (χ0n) is 27.4. The van der Waals surface area contributed by atoms with Crippen molar-refractivity contribution < 1.29 is 67.6 Å². The van der Waals surface area contributed by atoms with Crippen LogP contribution in [0.1, 0.15) is 44.7 Å². The molecule has 1 heterocycles. The standard InChI is InChI=1S/C33H24N2O16S4/c36-25(37)11-6-12-52-51-50-21-13-19(22(53(41,42)43)15-23(21)54(44,45)46)34-20-14-24(55(47,48)49)30-28-26(17-9-4-5-10-18(17)32(39)27(20)28)29(33(40)35-30)31(38)16-7-2-1-3-8-16/h1-5,7-10,13-15,34H,6,11-12H2,(H,35,40)(H,36,37)(H,41,42,43)(H,44,45,46)(H,47,48,49). The first-order valence-corrected chi connectivity index (χ1v) is 20.6. The molecule has 22 heteroatoms. The highest BCUT2D eigenvalue weighted by atomic mass is 32.2. The Morgan fingerprint density at radius 1 is 0.745 bits per heavy atom. The highest BCUT2D eigenvalue weighted by Crippen LogP contribution is 2.46. The third kappa shape index (κ3) is 7.74. The number of carboxylic acids is 1. The van der Waals surface area contributed by atoms with E-state index in [1.54, 1.807) is 6.07 Å². The molecule has 18 nitrogen and oxygen atoms in total. The molecule has 0 radical (unpaired) electrons. The van der Waals surface area contributed by atoms with Crippen LogP contribution in [-0.4, -0.2) is 72.3 Å². The highest BCUT2D eigenvalue weighted by molar-refractivity contribution is 7.94. The molecule has 4 aromatic carbocycles. The maximum absolute atomic E-state index is 14.3. The number of rotatable bonds is 14. The molecule has 286 valence electrons. The van der Waals surface area contributed by atoms with Gasteiger partial charge in [-0.05, 0) is 24.1 Å². The third-order valence-corrected chi connectivity index (χ3v) is 11.4. The fourth-order valence-electron chi connectivity index (χ4n) is 5.88. The predicted molar refractivity (Wildman–Crippen MR) is 194 cm³/mol. The van der Waals surface area contributed by atoms with Crippen LogP contribution in [-0.2, 0) is 39.5 Å². The van der Waals surface area contributed by atoms with Crippen LogP contribution in [0.15, 0.2) is 92.3 Å². The lowest BCUT2D eigenvalue weighted by atomic mass is 9.80.